The van der Waals surface area contributed by atoms with Crippen LogP contribution >= 0.6 is 12.4 Å². The number of carbonyl (C=O) groups is 1. The van der Waals surface area contributed by atoms with E-state index in [-0.39, 0.29) is 24.9 Å². The van der Waals surface area contributed by atoms with Crippen LogP contribution in [0.1, 0.15) is 0 Å². The monoisotopic (exact) mass is 350 g/mol. The third kappa shape index (κ3) is 5.85. The van der Waals surface area contributed by atoms with Crippen molar-refractivity contribution in [1.29, 1.82) is 0 Å². The SMILES string of the molecule is COCCNCC(=O)Nc1cccc(-c2ccccc2OC)c1.Cl. The standard InChI is InChI=1S/C18H22N2O3.ClH/c1-22-11-10-19-13-18(21)20-15-7-5-6-14(12-15)16-8-3-4-9-17(16)23-2;/h3-9,12,19H,10-11,13H2,1-2H3,(H,20,21);1H. The van der Waals surface area contributed by atoms with Crippen molar-refractivity contribution in [3.63, 3.8) is 0 Å². The lowest BCUT2D eigenvalue weighted by molar-refractivity contribution is -0.115. The van der Waals surface area contributed by atoms with Gasteiger partial charge in [0, 0.05) is 24.9 Å². The first-order valence-electron chi connectivity index (χ1n) is 7.47. The third-order valence-electron chi connectivity index (χ3n) is 3.33. The molecule has 24 heavy (non-hydrogen) atoms. The van der Waals surface area contributed by atoms with E-state index < -0.39 is 0 Å². The molecule has 0 radical (unpaired) electrons. The number of hydrogen-bond acceptors (Lipinski definition) is 4. The van der Waals surface area contributed by atoms with Crippen molar-refractivity contribution in [3.05, 3.63) is 48.5 Å². The Balaban J connectivity index is 0.00000288. The molecule has 2 aromatic carbocycles. The molecule has 0 heterocycles. The first kappa shape index (κ1) is 20.0. The van der Waals surface area contributed by atoms with Gasteiger partial charge in [0.05, 0.1) is 20.3 Å². The molecular formula is C18H23ClN2O3. The summed E-state index contributed by atoms with van der Waals surface area (Å²) in [6.07, 6.45) is 0. The molecule has 5 nitrogen and oxygen atoms in total. The summed E-state index contributed by atoms with van der Waals surface area (Å²) in [5, 5.41) is 5.90. The van der Waals surface area contributed by atoms with Crippen LogP contribution in [0, 0.1) is 0 Å². The van der Waals surface area contributed by atoms with E-state index in [4.69, 9.17) is 9.47 Å². The topological polar surface area (TPSA) is 59.6 Å². The average Bonchev–Trinajstić information content (AvgIpc) is 2.59. The number of nitrogens with one attached hydrogen (secondary N) is 2. The second kappa shape index (κ2) is 10.6. The van der Waals surface area contributed by atoms with Crippen LogP contribution in [0.2, 0.25) is 0 Å². The Morgan fingerprint density at radius 3 is 2.62 bits per heavy atom. The molecule has 1 amide bonds. The van der Waals surface area contributed by atoms with E-state index in [1.54, 1.807) is 14.2 Å². The Kier molecular flexibility index (Phi) is 8.86. The molecular weight excluding hydrogens is 328 g/mol. The Morgan fingerprint density at radius 2 is 1.88 bits per heavy atom. The van der Waals surface area contributed by atoms with Crippen molar-refractivity contribution < 1.29 is 14.3 Å². The van der Waals surface area contributed by atoms with Gasteiger partial charge in [-0.15, -0.1) is 12.4 Å². The van der Waals surface area contributed by atoms with Crippen LogP contribution in [-0.2, 0) is 9.53 Å². The summed E-state index contributed by atoms with van der Waals surface area (Å²) in [5.41, 5.74) is 2.74. The predicted octanol–water partition coefficient (Wildman–Crippen LogP) is 2.96. The number of hydrogen-bond donors (Lipinski definition) is 2. The second-order valence-corrected chi connectivity index (χ2v) is 5.00. The summed E-state index contributed by atoms with van der Waals surface area (Å²) < 4.78 is 10.3. The van der Waals surface area contributed by atoms with Crippen molar-refractivity contribution in [3.8, 4) is 16.9 Å². The lowest BCUT2D eigenvalue weighted by Gasteiger charge is -2.11. The first-order chi connectivity index (χ1) is 11.2. The molecule has 0 saturated heterocycles. The summed E-state index contributed by atoms with van der Waals surface area (Å²) in [6, 6.07) is 15.5. The minimum absolute atomic E-state index is 0. The number of ether oxygens (including phenoxy) is 2. The van der Waals surface area contributed by atoms with Crippen molar-refractivity contribution in [2.24, 2.45) is 0 Å². The zero-order valence-corrected chi connectivity index (χ0v) is 14.7. The summed E-state index contributed by atoms with van der Waals surface area (Å²) in [4.78, 5) is 11.9. The van der Waals surface area contributed by atoms with Crippen LogP contribution in [0.5, 0.6) is 5.75 Å². The van der Waals surface area contributed by atoms with Gasteiger partial charge in [-0.2, -0.15) is 0 Å². The van der Waals surface area contributed by atoms with Gasteiger partial charge in [-0.3, -0.25) is 4.79 Å². The Hall–Kier alpha value is -2.08. The van der Waals surface area contributed by atoms with Gasteiger partial charge in [-0.1, -0.05) is 30.3 Å². The van der Waals surface area contributed by atoms with Crippen molar-refractivity contribution in [2.45, 2.75) is 0 Å². The Morgan fingerprint density at radius 1 is 1.08 bits per heavy atom. The molecule has 2 rings (SSSR count). The van der Waals surface area contributed by atoms with Gasteiger partial charge in [0.15, 0.2) is 0 Å². The third-order valence-corrected chi connectivity index (χ3v) is 3.33. The summed E-state index contributed by atoms with van der Waals surface area (Å²) in [6.45, 7) is 1.48. The minimum atomic E-state index is -0.0849. The summed E-state index contributed by atoms with van der Waals surface area (Å²) in [7, 11) is 3.28. The molecule has 130 valence electrons. The van der Waals surface area contributed by atoms with Crippen LogP contribution in [0.25, 0.3) is 11.1 Å². The fraction of sp³-hybridized carbons (Fsp3) is 0.278. The van der Waals surface area contributed by atoms with E-state index in [2.05, 4.69) is 10.6 Å². The molecule has 0 aliphatic carbocycles. The molecule has 0 aliphatic rings. The van der Waals surface area contributed by atoms with Gasteiger partial charge >= 0.3 is 0 Å². The van der Waals surface area contributed by atoms with Gasteiger partial charge in [0.1, 0.15) is 5.75 Å². The number of para-hydroxylation sites is 1. The zero-order valence-electron chi connectivity index (χ0n) is 13.9. The van der Waals surface area contributed by atoms with Gasteiger partial charge in [-0.05, 0) is 23.8 Å². The largest absolute Gasteiger partial charge is 0.496 e. The Bertz CT molecular complexity index is 650. The number of carbonyl (C=O) groups excluding carboxylic acids is 1. The van der Waals surface area contributed by atoms with E-state index in [1.165, 1.54) is 0 Å². The molecule has 6 heteroatoms. The zero-order chi connectivity index (χ0) is 16.5. The number of amides is 1. The highest BCUT2D eigenvalue weighted by Crippen LogP contribution is 2.30. The number of rotatable bonds is 8. The molecule has 0 bridgehead atoms. The number of halogens is 1. The molecule has 0 atom stereocenters. The number of benzene rings is 2. The summed E-state index contributed by atoms with van der Waals surface area (Å²) >= 11 is 0. The first-order valence-corrected chi connectivity index (χ1v) is 7.47. The minimum Gasteiger partial charge on any atom is -0.496 e. The lowest BCUT2D eigenvalue weighted by Crippen LogP contribution is -2.30. The van der Waals surface area contributed by atoms with Crippen molar-refractivity contribution in [2.75, 3.05) is 39.2 Å². The van der Waals surface area contributed by atoms with Crippen LogP contribution in [0.3, 0.4) is 0 Å². The molecule has 0 spiro atoms. The summed E-state index contributed by atoms with van der Waals surface area (Å²) in [5.74, 6) is 0.718. The smallest absolute Gasteiger partial charge is 0.238 e. The fourth-order valence-corrected chi connectivity index (χ4v) is 2.23. The maximum atomic E-state index is 11.9. The van der Waals surface area contributed by atoms with Crippen LogP contribution in [0.15, 0.2) is 48.5 Å². The molecule has 0 saturated carbocycles. The van der Waals surface area contributed by atoms with Gasteiger partial charge < -0.3 is 20.1 Å². The molecule has 0 unspecified atom stereocenters. The average molecular weight is 351 g/mol. The van der Waals surface area contributed by atoms with Crippen LogP contribution < -0.4 is 15.4 Å². The van der Waals surface area contributed by atoms with Crippen LogP contribution in [0.4, 0.5) is 5.69 Å². The van der Waals surface area contributed by atoms with E-state index in [0.717, 1.165) is 22.6 Å². The highest BCUT2D eigenvalue weighted by molar-refractivity contribution is 5.93. The highest BCUT2D eigenvalue weighted by Gasteiger charge is 2.07. The fourth-order valence-electron chi connectivity index (χ4n) is 2.23. The van der Waals surface area contributed by atoms with Crippen molar-refractivity contribution in [1.82, 2.24) is 5.32 Å². The quantitative estimate of drug-likeness (QED) is 0.719. The highest BCUT2D eigenvalue weighted by atomic mass is 35.5. The van der Waals surface area contributed by atoms with E-state index in [9.17, 15) is 4.79 Å². The predicted molar refractivity (Wildman–Crippen MR) is 99.1 cm³/mol. The van der Waals surface area contributed by atoms with Gasteiger partial charge in [-0.25, -0.2) is 0 Å². The normalized spacial score (nSPS) is 9.92. The van der Waals surface area contributed by atoms with Gasteiger partial charge in [0.2, 0.25) is 5.91 Å². The van der Waals surface area contributed by atoms with E-state index in [0.29, 0.717) is 13.2 Å². The molecule has 2 aromatic rings. The molecule has 0 aliphatic heterocycles. The number of methoxy groups -OCH3 is 2. The molecule has 0 aromatic heterocycles. The van der Waals surface area contributed by atoms with E-state index in [1.807, 2.05) is 48.5 Å². The lowest BCUT2D eigenvalue weighted by atomic mass is 10.0. The van der Waals surface area contributed by atoms with E-state index >= 15 is 0 Å². The number of anilines is 1. The van der Waals surface area contributed by atoms with Gasteiger partial charge in [0.25, 0.3) is 0 Å². The van der Waals surface area contributed by atoms with Crippen molar-refractivity contribution >= 4 is 24.0 Å². The molecule has 2 N–H and O–H groups in total. The molecule has 0 fully saturated rings. The van der Waals surface area contributed by atoms with Crippen LogP contribution in [-0.4, -0.2) is 39.8 Å². The maximum absolute atomic E-state index is 11.9. The Labute approximate surface area is 148 Å². The second-order valence-electron chi connectivity index (χ2n) is 5.00. The maximum Gasteiger partial charge on any atom is 0.238 e.